The molecule has 0 saturated carbocycles. The first kappa shape index (κ1) is 22.0. The number of fused-ring (bicyclic) bond motifs is 4. The topological polar surface area (TPSA) is 118 Å². The summed E-state index contributed by atoms with van der Waals surface area (Å²) >= 11 is 0. The van der Waals surface area contributed by atoms with Gasteiger partial charge in [-0.1, -0.05) is 54.6 Å². The molecule has 2 bridgehead atoms. The molecule has 2 aromatic rings. The average Bonchev–Trinajstić information content (AvgIpc) is 2.76. The van der Waals surface area contributed by atoms with E-state index in [2.05, 4.69) is 66.5 Å². The maximum Gasteiger partial charge on any atom is 0.335 e. The van der Waals surface area contributed by atoms with E-state index in [0.29, 0.717) is 6.04 Å². The van der Waals surface area contributed by atoms with E-state index in [1.165, 1.54) is 31.4 Å². The number of benzene rings is 2. The molecule has 0 amide bonds. The minimum Gasteiger partial charge on any atom is -0.479 e. The van der Waals surface area contributed by atoms with Crippen molar-refractivity contribution >= 4 is 11.9 Å². The Hall–Kier alpha value is -2.74. The number of likely N-dealkylation sites (N-methyl/N-ethyl adjacent to an activating group) is 1. The van der Waals surface area contributed by atoms with Crippen LogP contribution in [0.2, 0.25) is 0 Å². The molecule has 1 fully saturated rings. The van der Waals surface area contributed by atoms with Crippen molar-refractivity contribution in [3.63, 3.8) is 0 Å². The van der Waals surface area contributed by atoms with Gasteiger partial charge in [-0.2, -0.15) is 0 Å². The molecule has 0 aromatic heterocycles. The summed E-state index contributed by atoms with van der Waals surface area (Å²) in [7, 11) is 2.29. The van der Waals surface area contributed by atoms with Gasteiger partial charge in [0.1, 0.15) is 0 Å². The van der Waals surface area contributed by atoms with Crippen LogP contribution in [0.15, 0.2) is 54.6 Å². The van der Waals surface area contributed by atoms with Gasteiger partial charge in [0, 0.05) is 11.5 Å². The smallest absolute Gasteiger partial charge is 0.335 e. The van der Waals surface area contributed by atoms with Crippen LogP contribution in [0.4, 0.5) is 0 Å². The summed E-state index contributed by atoms with van der Waals surface area (Å²) in [4.78, 5) is 22.1. The van der Waals surface area contributed by atoms with Crippen molar-refractivity contribution in [2.24, 2.45) is 0 Å². The lowest BCUT2D eigenvalue weighted by Crippen LogP contribution is -2.52. The zero-order chi connectivity index (χ0) is 21.9. The van der Waals surface area contributed by atoms with Crippen molar-refractivity contribution < 1.29 is 30.0 Å². The number of carbonyl (C=O) groups is 2. The maximum absolute atomic E-state index is 9.77. The number of nitrogens with zero attached hydrogens (tertiary/aromatic N) is 1. The Bertz CT molecular complexity index is 884. The van der Waals surface area contributed by atoms with Gasteiger partial charge in [0.05, 0.1) is 0 Å². The lowest BCUT2D eigenvalue weighted by molar-refractivity contribution is -0.165. The summed E-state index contributed by atoms with van der Waals surface area (Å²) < 4.78 is 0. The Balaban J connectivity index is 0.000000220. The lowest BCUT2D eigenvalue weighted by Gasteiger charge is -2.50. The summed E-state index contributed by atoms with van der Waals surface area (Å²) in [5.74, 6) is -3.54. The summed E-state index contributed by atoms with van der Waals surface area (Å²) in [6.07, 6.45) is -0.817. The van der Waals surface area contributed by atoms with E-state index in [0.717, 1.165) is 0 Å². The number of likely N-dealkylation sites (tertiary alicyclic amines) is 1. The van der Waals surface area contributed by atoms with Crippen LogP contribution in [0.1, 0.15) is 29.5 Å². The predicted molar refractivity (Wildman–Crippen MR) is 110 cm³/mol. The maximum atomic E-state index is 9.77. The third-order valence-electron chi connectivity index (χ3n) is 6.22. The van der Waals surface area contributed by atoms with Crippen LogP contribution in [0.25, 0.3) is 0 Å². The third kappa shape index (κ3) is 4.23. The van der Waals surface area contributed by atoms with Gasteiger partial charge in [-0.25, -0.2) is 9.59 Å². The van der Waals surface area contributed by atoms with E-state index in [9.17, 15) is 9.59 Å². The van der Waals surface area contributed by atoms with Crippen molar-refractivity contribution in [1.82, 2.24) is 4.90 Å². The largest absolute Gasteiger partial charge is 0.479 e. The summed E-state index contributed by atoms with van der Waals surface area (Å²) in [5, 5.41) is 32.5. The van der Waals surface area contributed by atoms with E-state index >= 15 is 0 Å². The van der Waals surface area contributed by atoms with E-state index < -0.39 is 24.1 Å². The molecule has 30 heavy (non-hydrogen) atoms. The van der Waals surface area contributed by atoms with E-state index in [-0.39, 0.29) is 5.41 Å². The average molecular weight is 413 g/mol. The quantitative estimate of drug-likeness (QED) is 0.600. The lowest BCUT2D eigenvalue weighted by atomic mass is 9.61. The van der Waals surface area contributed by atoms with Crippen LogP contribution in [0.5, 0.6) is 0 Å². The first-order valence-electron chi connectivity index (χ1n) is 9.92. The first-order valence-corrected chi connectivity index (χ1v) is 9.92. The second-order valence-corrected chi connectivity index (χ2v) is 7.96. The molecule has 0 radical (unpaired) electrons. The third-order valence-corrected chi connectivity index (χ3v) is 6.22. The Kier molecular flexibility index (Phi) is 6.55. The number of aliphatic hydroxyl groups excluding tert-OH is 2. The zero-order valence-electron chi connectivity index (χ0n) is 16.8. The molecule has 1 saturated heterocycles. The molecular weight excluding hydrogens is 386 g/mol. The molecule has 4 atom stereocenters. The number of hydrogen-bond donors (Lipinski definition) is 4. The van der Waals surface area contributed by atoms with Crippen LogP contribution in [0.3, 0.4) is 0 Å². The van der Waals surface area contributed by atoms with Gasteiger partial charge in [-0.05, 0) is 49.5 Å². The van der Waals surface area contributed by atoms with Gasteiger partial charge in [-0.15, -0.1) is 0 Å². The molecule has 4 unspecified atom stereocenters. The minimum atomic E-state index is -2.27. The van der Waals surface area contributed by atoms with Crippen molar-refractivity contribution in [3.05, 3.63) is 71.3 Å². The first-order chi connectivity index (χ1) is 14.3. The zero-order valence-corrected chi connectivity index (χ0v) is 16.8. The standard InChI is InChI=1S/C19H21N.C4H6O6/c1-20-12-11-19(16-8-3-2-4-9-16)14-17(20)13-15-7-5-6-10-18(15)19;5-1(3(7)8)2(6)4(9)10/h2-10,17H,11-14H2,1H3;1-2,5-6H,(H,7,8)(H,9,10). The molecule has 4 rings (SSSR count). The molecule has 2 aliphatic rings. The van der Waals surface area contributed by atoms with Gasteiger partial charge in [0.15, 0.2) is 12.2 Å². The molecule has 4 N–H and O–H groups in total. The Morgan fingerprint density at radius 1 is 0.967 bits per heavy atom. The van der Waals surface area contributed by atoms with Crippen LogP contribution >= 0.6 is 0 Å². The predicted octanol–water partition coefficient (Wildman–Crippen LogP) is 1.50. The molecule has 7 heteroatoms. The van der Waals surface area contributed by atoms with Gasteiger partial charge in [0.25, 0.3) is 0 Å². The highest BCUT2D eigenvalue weighted by Crippen LogP contribution is 2.48. The van der Waals surface area contributed by atoms with Gasteiger partial charge < -0.3 is 25.3 Å². The highest BCUT2D eigenvalue weighted by Gasteiger charge is 2.45. The molecule has 2 aromatic carbocycles. The molecular formula is C23H27NO6. The van der Waals surface area contributed by atoms with Crippen molar-refractivity contribution in [2.75, 3.05) is 13.6 Å². The number of piperidine rings is 1. The number of carboxylic acid groups (broad SMARTS) is 2. The van der Waals surface area contributed by atoms with Crippen LogP contribution < -0.4 is 0 Å². The number of carboxylic acids is 2. The highest BCUT2D eigenvalue weighted by molar-refractivity contribution is 5.83. The monoisotopic (exact) mass is 413 g/mol. The number of hydrogen-bond acceptors (Lipinski definition) is 5. The van der Waals surface area contributed by atoms with Crippen molar-refractivity contribution in [3.8, 4) is 0 Å². The normalized spacial score (nSPS) is 24.6. The summed E-state index contributed by atoms with van der Waals surface area (Å²) in [6, 6.07) is 20.9. The van der Waals surface area contributed by atoms with E-state index in [4.69, 9.17) is 20.4 Å². The highest BCUT2D eigenvalue weighted by atomic mass is 16.4. The fourth-order valence-electron chi connectivity index (χ4n) is 4.55. The second-order valence-electron chi connectivity index (χ2n) is 7.96. The van der Waals surface area contributed by atoms with E-state index in [1.807, 2.05) is 0 Å². The second kappa shape index (κ2) is 8.95. The van der Waals surface area contributed by atoms with Crippen molar-refractivity contribution in [1.29, 1.82) is 0 Å². The Morgan fingerprint density at radius 3 is 2.13 bits per heavy atom. The van der Waals surface area contributed by atoms with E-state index in [1.54, 1.807) is 11.1 Å². The summed E-state index contributed by atoms with van der Waals surface area (Å²) in [5.41, 5.74) is 4.88. The molecule has 1 aliphatic carbocycles. The molecule has 160 valence electrons. The fourth-order valence-corrected chi connectivity index (χ4v) is 4.55. The van der Waals surface area contributed by atoms with Crippen LogP contribution in [-0.4, -0.2) is 69.1 Å². The van der Waals surface area contributed by atoms with Crippen LogP contribution in [-0.2, 0) is 21.4 Å². The molecule has 1 heterocycles. The van der Waals surface area contributed by atoms with Crippen molar-refractivity contribution in [2.45, 2.75) is 42.9 Å². The van der Waals surface area contributed by atoms with Gasteiger partial charge in [-0.3, -0.25) is 0 Å². The SMILES string of the molecule is CN1CCC2(c3ccccc3)CC1Cc1ccccc12.O=C(O)C(O)C(O)C(=O)O. The number of aliphatic carboxylic acids is 2. The minimum absolute atomic E-state index is 0.243. The number of aliphatic hydroxyl groups is 2. The van der Waals surface area contributed by atoms with Crippen LogP contribution in [0, 0.1) is 0 Å². The van der Waals surface area contributed by atoms with Gasteiger partial charge in [0.2, 0.25) is 0 Å². The van der Waals surface area contributed by atoms with Gasteiger partial charge >= 0.3 is 11.9 Å². The number of rotatable bonds is 4. The molecule has 7 nitrogen and oxygen atoms in total. The Morgan fingerprint density at radius 2 is 1.53 bits per heavy atom. The summed E-state index contributed by atoms with van der Waals surface area (Å²) in [6.45, 7) is 1.20. The fraction of sp³-hybridized carbons (Fsp3) is 0.391. The molecule has 1 aliphatic heterocycles. The Labute approximate surface area is 175 Å². The molecule has 0 spiro atoms.